The molecule has 3 heterocycles. The first kappa shape index (κ1) is 5.97. The van der Waals surface area contributed by atoms with Crippen molar-refractivity contribution >= 4 is 8.58 Å². The fraction of sp³-hybridized carbons (Fsp3) is 1.00. The standard InChI is InChI=1S/C8H13OP/c1-5-2-7-4-6(1)9-8(3-5)10-7/h5-8,10H,1-4H2. The number of rotatable bonds is 0. The van der Waals surface area contributed by atoms with E-state index in [2.05, 4.69) is 0 Å². The molecule has 0 radical (unpaired) electrons. The third-order valence-electron chi connectivity index (χ3n) is 3.09. The van der Waals surface area contributed by atoms with Crippen LogP contribution in [0.3, 0.4) is 0 Å². The number of hydrogen-bond donors (Lipinski definition) is 0. The van der Waals surface area contributed by atoms with E-state index in [1.807, 2.05) is 0 Å². The summed E-state index contributed by atoms with van der Waals surface area (Å²) in [4.78, 5) is 0. The second kappa shape index (κ2) is 1.95. The van der Waals surface area contributed by atoms with Crippen LogP contribution in [0.4, 0.5) is 0 Å². The first-order chi connectivity index (χ1) is 4.90. The van der Waals surface area contributed by atoms with Crippen LogP contribution in [0.15, 0.2) is 0 Å². The molecule has 0 aromatic carbocycles. The lowest BCUT2D eigenvalue weighted by atomic mass is 9.82. The van der Waals surface area contributed by atoms with Crippen LogP contribution in [0.25, 0.3) is 0 Å². The predicted molar refractivity (Wildman–Crippen MR) is 42.7 cm³/mol. The molecule has 1 saturated carbocycles. The Bertz CT molecular complexity index is 101. The van der Waals surface area contributed by atoms with Gasteiger partial charge in [0.2, 0.25) is 0 Å². The van der Waals surface area contributed by atoms with Gasteiger partial charge in [0, 0.05) is 0 Å². The smallest absolute Gasteiger partial charge is 0.0746 e. The summed E-state index contributed by atoms with van der Waals surface area (Å²) in [5.74, 6) is 1.76. The molecule has 1 aliphatic carbocycles. The van der Waals surface area contributed by atoms with Gasteiger partial charge in [0.25, 0.3) is 0 Å². The molecule has 4 bridgehead atoms. The SMILES string of the molecule is C1C2CC3CC1OC(C2)P3. The van der Waals surface area contributed by atoms with Crippen molar-refractivity contribution in [3.05, 3.63) is 0 Å². The fourth-order valence-electron chi connectivity index (χ4n) is 2.78. The molecule has 2 heteroatoms. The highest BCUT2D eigenvalue weighted by atomic mass is 31.1. The summed E-state index contributed by atoms with van der Waals surface area (Å²) in [6.45, 7) is 0. The lowest BCUT2D eigenvalue weighted by molar-refractivity contribution is -0.0654. The van der Waals surface area contributed by atoms with E-state index in [1.54, 1.807) is 0 Å². The summed E-state index contributed by atoms with van der Waals surface area (Å²) in [5.41, 5.74) is 1.08. The maximum absolute atomic E-state index is 5.84. The van der Waals surface area contributed by atoms with E-state index in [0.717, 1.165) is 20.2 Å². The summed E-state index contributed by atoms with van der Waals surface area (Å²) in [5, 5.41) is 0. The summed E-state index contributed by atoms with van der Waals surface area (Å²) >= 11 is 0. The van der Waals surface area contributed by atoms with Crippen LogP contribution in [0.2, 0.25) is 0 Å². The molecule has 0 aromatic heterocycles. The molecule has 10 heavy (non-hydrogen) atoms. The average Bonchev–Trinajstić information content (AvgIpc) is 1.82. The van der Waals surface area contributed by atoms with Crippen molar-refractivity contribution in [2.45, 2.75) is 43.3 Å². The van der Waals surface area contributed by atoms with Crippen molar-refractivity contribution in [2.75, 3.05) is 0 Å². The van der Waals surface area contributed by atoms with E-state index in [0.29, 0.717) is 11.9 Å². The van der Waals surface area contributed by atoms with Crippen LogP contribution in [0, 0.1) is 5.92 Å². The van der Waals surface area contributed by atoms with Crippen LogP contribution in [-0.4, -0.2) is 17.6 Å². The van der Waals surface area contributed by atoms with Gasteiger partial charge in [-0.1, -0.05) is 8.58 Å². The average molecular weight is 156 g/mol. The Morgan fingerprint density at radius 2 is 2.10 bits per heavy atom. The molecular weight excluding hydrogens is 143 g/mol. The van der Waals surface area contributed by atoms with Gasteiger partial charge < -0.3 is 4.74 Å². The van der Waals surface area contributed by atoms with E-state index in [9.17, 15) is 0 Å². The molecule has 0 amide bonds. The topological polar surface area (TPSA) is 9.23 Å². The van der Waals surface area contributed by atoms with Crippen LogP contribution >= 0.6 is 8.58 Å². The Balaban J connectivity index is 1.90. The summed E-state index contributed by atoms with van der Waals surface area (Å²) in [6, 6.07) is 0. The van der Waals surface area contributed by atoms with E-state index < -0.39 is 0 Å². The van der Waals surface area contributed by atoms with Crippen molar-refractivity contribution in [2.24, 2.45) is 5.92 Å². The largest absolute Gasteiger partial charge is 0.371 e. The van der Waals surface area contributed by atoms with Gasteiger partial charge in [-0.2, -0.15) is 0 Å². The molecule has 0 spiro atoms. The van der Waals surface area contributed by atoms with Crippen LogP contribution in [0.5, 0.6) is 0 Å². The molecule has 4 fully saturated rings. The molecule has 3 saturated heterocycles. The highest BCUT2D eigenvalue weighted by molar-refractivity contribution is 7.39. The molecule has 5 atom stereocenters. The molecule has 5 unspecified atom stereocenters. The minimum Gasteiger partial charge on any atom is -0.371 e. The number of ether oxygens (including phenoxy) is 1. The van der Waals surface area contributed by atoms with E-state index in [1.165, 1.54) is 25.7 Å². The molecular formula is C8H13OP. The van der Waals surface area contributed by atoms with E-state index in [4.69, 9.17) is 4.74 Å². The van der Waals surface area contributed by atoms with Gasteiger partial charge in [-0.05, 0) is 37.3 Å². The normalized spacial score (nSPS) is 60.0. The summed E-state index contributed by atoms with van der Waals surface area (Å²) in [7, 11) is 1.15. The van der Waals surface area contributed by atoms with Crippen molar-refractivity contribution in [1.82, 2.24) is 0 Å². The van der Waals surface area contributed by atoms with Crippen molar-refractivity contribution in [1.29, 1.82) is 0 Å². The van der Waals surface area contributed by atoms with Gasteiger partial charge >= 0.3 is 0 Å². The lowest BCUT2D eigenvalue weighted by Crippen LogP contribution is -2.44. The quantitative estimate of drug-likeness (QED) is 0.487. The molecule has 3 aliphatic heterocycles. The van der Waals surface area contributed by atoms with Gasteiger partial charge in [0.1, 0.15) is 0 Å². The van der Waals surface area contributed by atoms with Crippen LogP contribution in [-0.2, 0) is 4.74 Å². The highest BCUT2D eigenvalue weighted by Gasteiger charge is 2.42. The second-order valence-corrected chi connectivity index (χ2v) is 5.71. The molecule has 4 aliphatic rings. The van der Waals surface area contributed by atoms with Crippen LogP contribution in [0.1, 0.15) is 25.7 Å². The fourth-order valence-corrected chi connectivity index (χ4v) is 4.92. The Morgan fingerprint density at radius 3 is 2.80 bits per heavy atom. The first-order valence-electron chi connectivity index (χ1n) is 4.31. The summed E-state index contributed by atoms with van der Waals surface area (Å²) in [6.07, 6.45) is 6.40. The van der Waals surface area contributed by atoms with Crippen LogP contribution < -0.4 is 0 Å². The minimum absolute atomic E-state index is 0.684. The molecule has 0 N–H and O–H groups in total. The van der Waals surface area contributed by atoms with Gasteiger partial charge in [-0.15, -0.1) is 0 Å². The molecule has 56 valence electrons. The maximum Gasteiger partial charge on any atom is 0.0746 e. The first-order valence-corrected chi connectivity index (χ1v) is 5.47. The maximum atomic E-state index is 5.84. The summed E-state index contributed by atoms with van der Waals surface area (Å²) < 4.78 is 5.84. The Hall–Kier alpha value is 0.390. The van der Waals surface area contributed by atoms with Crippen molar-refractivity contribution < 1.29 is 4.74 Å². The zero-order valence-electron chi connectivity index (χ0n) is 6.05. The predicted octanol–water partition coefficient (Wildman–Crippen LogP) is 1.96. The Morgan fingerprint density at radius 1 is 1.10 bits per heavy atom. The minimum atomic E-state index is 0.684. The van der Waals surface area contributed by atoms with Gasteiger partial charge in [-0.3, -0.25) is 0 Å². The second-order valence-electron chi connectivity index (χ2n) is 3.92. The highest BCUT2D eigenvalue weighted by Crippen LogP contribution is 2.53. The van der Waals surface area contributed by atoms with E-state index >= 15 is 0 Å². The van der Waals surface area contributed by atoms with Gasteiger partial charge in [0.05, 0.1) is 11.9 Å². The molecule has 0 aromatic rings. The molecule has 1 nitrogen and oxygen atoms in total. The number of hydrogen-bond acceptors (Lipinski definition) is 1. The Kier molecular flexibility index (Phi) is 1.17. The van der Waals surface area contributed by atoms with E-state index in [-0.39, 0.29) is 0 Å². The molecule has 4 rings (SSSR count). The van der Waals surface area contributed by atoms with Crippen molar-refractivity contribution in [3.8, 4) is 0 Å². The monoisotopic (exact) mass is 156 g/mol. The third kappa shape index (κ3) is 0.770. The zero-order valence-corrected chi connectivity index (χ0v) is 7.05. The third-order valence-corrected chi connectivity index (χ3v) is 4.77. The van der Waals surface area contributed by atoms with Gasteiger partial charge in [-0.25, -0.2) is 0 Å². The lowest BCUT2D eigenvalue weighted by Gasteiger charge is -2.49. The van der Waals surface area contributed by atoms with Crippen molar-refractivity contribution in [3.63, 3.8) is 0 Å². The van der Waals surface area contributed by atoms with Gasteiger partial charge in [0.15, 0.2) is 0 Å². The zero-order chi connectivity index (χ0) is 6.55. The Labute approximate surface area is 63.3 Å².